The molecule has 1 saturated heterocycles. The van der Waals surface area contributed by atoms with Crippen molar-refractivity contribution in [2.75, 3.05) is 25.1 Å². The van der Waals surface area contributed by atoms with E-state index in [0.29, 0.717) is 13.0 Å². The van der Waals surface area contributed by atoms with Gasteiger partial charge in [-0.2, -0.15) is 0 Å². The van der Waals surface area contributed by atoms with Crippen LogP contribution in [0.5, 0.6) is 0 Å². The van der Waals surface area contributed by atoms with Crippen LogP contribution < -0.4 is 10.6 Å². The molecule has 1 atom stereocenters. The highest BCUT2D eigenvalue weighted by Gasteiger charge is 2.17. The molecule has 1 aliphatic heterocycles. The Kier molecular flexibility index (Phi) is 6.59. The van der Waals surface area contributed by atoms with Crippen molar-refractivity contribution in [2.24, 2.45) is 0 Å². The molecule has 1 fully saturated rings. The van der Waals surface area contributed by atoms with Crippen LogP contribution in [0.3, 0.4) is 0 Å². The highest BCUT2D eigenvalue weighted by atomic mass is 35.5. The van der Waals surface area contributed by atoms with Crippen LogP contribution in [0.15, 0.2) is 54.6 Å². The lowest BCUT2D eigenvalue weighted by Crippen LogP contribution is -2.43. The van der Waals surface area contributed by atoms with Crippen LogP contribution in [-0.2, 0) is 9.53 Å². The van der Waals surface area contributed by atoms with Crippen LogP contribution in [0.2, 0.25) is 0 Å². The average Bonchev–Trinajstić information content (AvgIpc) is 2.57. The number of benzene rings is 2. The Morgan fingerprint density at radius 2 is 1.87 bits per heavy atom. The molecule has 3 rings (SSSR count). The van der Waals surface area contributed by atoms with Gasteiger partial charge in [-0.25, -0.2) is 0 Å². The van der Waals surface area contributed by atoms with Crippen molar-refractivity contribution in [1.29, 1.82) is 0 Å². The molecule has 4 nitrogen and oxygen atoms in total. The SMILES string of the molecule is Cl.O=C(CC1COCCN1)Nc1ccccc1-c1ccccc1. The van der Waals surface area contributed by atoms with E-state index in [1.165, 1.54) is 0 Å². The largest absolute Gasteiger partial charge is 0.378 e. The van der Waals surface area contributed by atoms with E-state index >= 15 is 0 Å². The van der Waals surface area contributed by atoms with Gasteiger partial charge < -0.3 is 15.4 Å². The maximum atomic E-state index is 12.3. The normalized spacial score (nSPS) is 17.1. The molecule has 0 spiro atoms. The molecule has 0 bridgehead atoms. The molecule has 1 amide bonds. The Balaban J connectivity index is 0.00000192. The van der Waals surface area contributed by atoms with Crippen molar-refractivity contribution in [3.05, 3.63) is 54.6 Å². The summed E-state index contributed by atoms with van der Waals surface area (Å²) in [7, 11) is 0. The first kappa shape index (κ1) is 17.5. The number of hydrogen-bond donors (Lipinski definition) is 2. The smallest absolute Gasteiger partial charge is 0.226 e. The molecule has 1 unspecified atom stereocenters. The summed E-state index contributed by atoms with van der Waals surface area (Å²) in [5, 5.41) is 6.32. The second kappa shape index (κ2) is 8.67. The molecule has 2 aromatic carbocycles. The number of para-hydroxylation sites is 1. The van der Waals surface area contributed by atoms with E-state index in [1.807, 2.05) is 54.6 Å². The predicted molar refractivity (Wildman–Crippen MR) is 95.0 cm³/mol. The summed E-state index contributed by atoms with van der Waals surface area (Å²) in [5.74, 6) is 0.00591. The number of hydrogen-bond acceptors (Lipinski definition) is 3. The number of nitrogens with one attached hydrogen (secondary N) is 2. The molecule has 23 heavy (non-hydrogen) atoms. The number of rotatable bonds is 4. The number of ether oxygens (including phenoxy) is 1. The van der Waals surface area contributed by atoms with E-state index in [2.05, 4.69) is 10.6 Å². The molecule has 2 N–H and O–H groups in total. The first-order chi connectivity index (χ1) is 10.8. The standard InChI is InChI=1S/C18H20N2O2.ClH/c21-18(12-15-13-22-11-10-19-15)20-17-9-5-4-8-16(17)14-6-2-1-3-7-14;/h1-9,15,19H,10-13H2,(H,20,21);1H. The fourth-order valence-corrected chi connectivity index (χ4v) is 2.64. The summed E-state index contributed by atoms with van der Waals surface area (Å²) in [4.78, 5) is 12.3. The van der Waals surface area contributed by atoms with Gasteiger partial charge in [-0.1, -0.05) is 48.5 Å². The summed E-state index contributed by atoms with van der Waals surface area (Å²) in [5.41, 5.74) is 2.97. The lowest BCUT2D eigenvalue weighted by molar-refractivity contribution is -0.117. The number of amides is 1. The second-order valence-electron chi connectivity index (χ2n) is 5.39. The van der Waals surface area contributed by atoms with Crippen LogP contribution in [0.25, 0.3) is 11.1 Å². The number of halogens is 1. The third-order valence-corrected chi connectivity index (χ3v) is 3.72. The maximum Gasteiger partial charge on any atom is 0.226 e. The fourth-order valence-electron chi connectivity index (χ4n) is 2.64. The van der Waals surface area contributed by atoms with Crippen LogP contribution in [0.1, 0.15) is 6.42 Å². The van der Waals surface area contributed by atoms with Gasteiger partial charge in [0.25, 0.3) is 0 Å². The van der Waals surface area contributed by atoms with Gasteiger partial charge in [-0.05, 0) is 11.6 Å². The topological polar surface area (TPSA) is 50.4 Å². The Bertz CT molecular complexity index is 628. The molecule has 0 aliphatic carbocycles. The molecule has 1 aliphatic rings. The van der Waals surface area contributed by atoms with Gasteiger partial charge in [-0.15, -0.1) is 12.4 Å². The van der Waals surface area contributed by atoms with E-state index < -0.39 is 0 Å². The van der Waals surface area contributed by atoms with Gasteiger partial charge in [-0.3, -0.25) is 4.79 Å². The lowest BCUT2D eigenvalue weighted by atomic mass is 10.0. The molecular formula is C18H21ClN2O2. The minimum Gasteiger partial charge on any atom is -0.378 e. The van der Waals surface area contributed by atoms with Crippen molar-refractivity contribution >= 4 is 24.0 Å². The summed E-state index contributed by atoms with van der Waals surface area (Å²) in [6, 6.07) is 18.0. The summed E-state index contributed by atoms with van der Waals surface area (Å²) < 4.78 is 5.38. The van der Waals surface area contributed by atoms with Crippen molar-refractivity contribution < 1.29 is 9.53 Å². The Morgan fingerprint density at radius 1 is 1.13 bits per heavy atom. The van der Waals surface area contributed by atoms with E-state index in [1.54, 1.807) is 0 Å². The molecule has 1 heterocycles. The average molecular weight is 333 g/mol. The van der Waals surface area contributed by atoms with E-state index in [-0.39, 0.29) is 24.4 Å². The van der Waals surface area contributed by atoms with Crippen LogP contribution >= 0.6 is 12.4 Å². The zero-order valence-electron chi connectivity index (χ0n) is 12.8. The van der Waals surface area contributed by atoms with E-state index in [4.69, 9.17) is 4.74 Å². The lowest BCUT2D eigenvalue weighted by Gasteiger charge is -2.23. The molecule has 122 valence electrons. The Hall–Kier alpha value is -1.88. The minimum atomic E-state index is 0. The Morgan fingerprint density at radius 3 is 2.61 bits per heavy atom. The highest BCUT2D eigenvalue weighted by Crippen LogP contribution is 2.27. The minimum absolute atomic E-state index is 0. The molecular weight excluding hydrogens is 312 g/mol. The molecule has 0 saturated carbocycles. The first-order valence-corrected chi connectivity index (χ1v) is 7.58. The van der Waals surface area contributed by atoms with Crippen molar-refractivity contribution in [1.82, 2.24) is 5.32 Å². The van der Waals surface area contributed by atoms with Crippen molar-refractivity contribution in [3.63, 3.8) is 0 Å². The van der Waals surface area contributed by atoms with Gasteiger partial charge in [0.1, 0.15) is 0 Å². The zero-order valence-corrected chi connectivity index (χ0v) is 13.6. The van der Waals surface area contributed by atoms with Gasteiger partial charge in [0.2, 0.25) is 5.91 Å². The quantitative estimate of drug-likeness (QED) is 0.904. The van der Waals surface area contributed by atoms with Crippen molar-refractivity contribution in [2.45, 2.75) is 12.5 Å². The zero-order chi connectivity index (χ0) is 15.2. The van der Waals surface area contributed by atoms with Crippen LogP contribution in [0.4, 0.5) is 5.69 Å². The second-order valence-corrected chi connectivity index (χ2v) is 5.39. The molecule has 5 heteroatoms. The van der Waals surface area contributed by atoms with Crippen LogP contribution in [-0.4, -0.2) is 31.7 Å². The first-order valence-electron chi connectivity index (χ1n) is 7.58. The van der Waals surface area contributed by atoms with E-state index in [0.717, 1.165) is 30.0 Å². The Labute approximate surface area is 142 Å². The monoisotopic (exact) mass is 332 g/mol. The molecule has 0 aromatic heterocycles. The maximum absolute atomic E-state index is 12.3. The highest BCUT2D eigenvalue weighted by molar-refractivity contribution is 5.95. The number of carbonyl (C=O) groups is 1. The number of anilines is 1. The summed E-state index contributed by atoms with van der Waals surface area (Å²) in [6.07, 6.45) is 0.420. The van der Waals surface area contributed by atoms with Gasteiger partial charge in [0, 0.05) is 30.3 Å². The third kappa shape index (κ3) is 4.79. The number of carbonyl (C=O) groups excluding carboxylic acids is 1. The predicted octanol–water partition coefficient (Wildman–Crippen LogP) is 3.09. The molecule has 2 aromatic rings. The third-order valence-electron chi connectivity index (χ3n) is 3.72. The fraction of sp³-hybridized carbons (Fsp3) is 0.278. The van der Waals surface area contributed by atoms with Gasteiger partial charge >= 0.3 is 0 Å². The van der Waals surface area contributed by atoms with E-state index in [9.17, 15) is 4.79 Å². The van der Waals surface area contributed by atoms with Crippen molar-refractivity contribution in [3.8, 4) is 11.1 Å². The summed E-state index contributed by atoms with van der Waals surface area (Å²) >= 11 is 0. The summed E-state index contributed by atoms with van der Waals surface area (Å²) in [6.45, 7) is 2.11. The van der Waals surface area contributed by atoms with Gasteiger partial charge in [0.15, 0.2) is 0 Å². The van der Waals surface area contributed by atoms with Crippen LogP contribution in [0, 0.1) is 0 Å². The molecule has 0 radical (unpaired) electrons. The number of morpholine rings is 1. The van der Waals surface area contributed by atoms with Gasteiger partial charge in [0.05, 0.1) is 13.2 Å².